The number of carbonyl (C=O) groups is 2. The summed E-state index contributed by atoms with van der Waals surface area (Å²) in [5, 5.41) is 12.6. The lowest BCUT2D eigenvalue weighted by molar-refractivity contribution is -0.149. The topological polar surface area (TPSA) is 69.6 Å². The fourth-order valence-corrected chi connectivity index (χ4v) is 4.27. The van der Waals surface area contributed by atoms with Gasteiger partial charge in [0.25, 0.3) is 0 Å². The van der Waals surface area contributed by atoms with Crippen molar-refractivity contribution in [3.05, 3.63) is 35.6 Å². The van der Waals surface area contributed by atoms with E-state index in [0.717, 1.165) is 18.4 Å². The Morgan fingerprint density at radius 1 is 1.40 bits per heavy atom. The summed E-state index contributed by atoms with van der Waals surface area (Å²) >= 11 is 0. The molecular formula is C19H25FN2O3. The molecule has 3 rings (SSSR count). The predicted octanol–water partition coefficient (Wildman–Crippen LogP) is 2.06. The molecule has 2 N–H and O–H groups in total. The van der Waals surface area contributed by atoms with Crippen LogP contribution in [0.15, 0.2) is 24.3 Å². The van der Waals surface area contributed by atoms with E-state index in [-0.39, 0.29) is 23.7 Å². The maximum absolute atomic E-state index is 12.9. The lowest BCUT2D eigenvalue weighted by atomic mass is 9.81. The summed E-state index contributed by atoms with van der Waals surface area (Å²) in [6.07, 6.45) is 3.24. The number of benzene rings is 1. The van der Waals surface area contributed by atoms with Crippen LogP contribution in [-0.4, -0.2) is 47.6 Å². The molecule has 1 heterocycles. The molecule has 2 fully saturated rings. The number of carboxylic acid groups (broad SMARTS) is 1. The summed E-state index contributed by atoms with van der Waals surface area (Å²) < 4.78 is 12.9. The summed E-state index contributed by atoms with van der Waals surface area (Å²) in [6.45, 7) is 3.46. The Kier molecular flexibility index (Phi) is 5.08. The van der Waals surface area contributed by atoms with Gasteiger partial charge in [0.15, 0.2) is 0 Å². The summed E-state index contributed by atoms with van der Waals surface area (Å²) in [4.78, 5) is 26.2. The number of nitrogens with zero attached hydrogens (tertiary/aromatic N) is 1. The number of hydrogen-bond acceptors (Lipinski definition) is 3. The number of carboxylic acids is 1. The number of carbonyl (C=O) groups excluding carboxylic acids is 1. The predicted molar refractivity (Wildman–Crippen MR) is 91.6 cm³/mol. The van der Waals surface area contributed by atoms with Crippen LogP contribution < -0.4 is 5.32 Å². The number of rotatable bonds is 6. The molecule has 1 unspecified atom stereocenters. The average molecular weight is 348 g/mol. The molecule has 1 aromatic carbocycles. The fraction of sp³-hybridized carbons (Fsp3) is 0.579. The van der Waals surface area contributed by atoms with E-state index in [0.29, 0.717) is 32.5 Å². The summed E-state index contributed by atoms with van der Waals surface area (Å²) in [5.41, 5.74) is 0.303. The van der Waals surface area contributed by atoms with Crippen LogP contribution >= 0.6 is 0 Å². The second-order valence-electron chi connectivity index (χ2n) is 7.32. The Balaban J connectivity index is 1.51. The molecule has 1 aliphatic heterocycles. The third-order valence-corrected chi connectivity index (χ3v) is 5.88. The maximum atomic E-state index is 12.9. The molecule has 1 saturated carbocycles. The van der Waals surface area contributed by atoms with Crippen molar-refractivity contribution in [3.8, 4) is 0 Å². The van der Waals surface area contributed by atoms with Crippen molar-refractivity contribution >= 4 is 11.9 Å². The molecule has 136 valence electrons. The highest BCUT2D eigenvalue weighted by atomic mass is 19.1. The summed E-state index contributed by atoms with van der Waals surface area (Å²) in [6, 6.07) is 5.91. The average Bonchev–Trinajstić information content (AvgIpc) is 3.14. The molecule has 1 saturated heterocycles. The monoisotopic (exact) mass is 348 g/mol. The highest BCUT2D eigenvalue weighted by Gasteiger charge is 2.55. The van der Waals surface area contributed by atoms with Gasteiger partial charge in [0, 0.05) is 19.6 Å². The largest absolute Gasteiger partial charge is 0.481 e. The minimum atomic E-state index is -0.721. The van der Waals surface area contributed by atoms with E-state index >= 15 is 0 Å². The Morgan fingerprint density at radius 2 is 2.12 bits per heavy atom. The van der Waals surface area contributed by atoms with Crippen LogP contribution in [-0.2, 0) is 16.0 Å². The van der Waals surface area contributed by atoms with Gasteiger partial charge in [-0.1, -0.05) is 18.6 Å². The van der Waals surface area contributed by atoms with Crippen LogP contribution in [0.1, 0.15) is 31.7 Å². The van der Waals surface area contributed by atoms with Crippen LogP contribution in [0.2, 0.25) is 0 Å². The Morgan fingerprint density at radius 3 is 2.76 bits per heavy atom. The molecule has 0 radical (unpaired) electrons. The van der Waals surface area contributed by atoms with Crippen molar-refractivity contribution in [3.63, 3.8) is 0 Å². The van der Waals surface area contributed by atoms with Gasteiger partial charge in [-0.3, -0.25) is 14.5 Å². The summed E-state index contributed by atoms with van der Waals surface area (Å²) in [7, 11) is 0. The van der Waals surface area contributed by atoms with Gasteiger partial charge >= 0.3 is 5.97 Å². The maximum Gasteiger partial charge on any atom is 0.311 e. The zero-order valence-corrected chi connectivity index (χ0v) is 14.5. The molecular weight excluding hydrogens is 323 g/mol. The lowest BCUT2D eigenvalue weighted by Crippen LogP contribution is -2.46. The van der Waals surface area contributed by atoms with Crippen molar-refractivity contribution < 1.29 is 19.1 Å². The second kappa shape index (κ2) is 7.12. The quantitative estimate of drug-likeness (QED) is 0.826. The first-order valence-electron chi connectivity index (χ1n) is 8.92. The van der Waals surface area contributed by atoms with Crippen LogP contribution in [0.4, 0.5) is 4.39 Å². The van der Waals surface area contributed by atoms with Crippen molar-refractivity contribution in [1.29, 1.82) is 0 Å². The van der Waals surface area contributed by atoms with Gasteiger partial charge in [-0.15, -0.1) is 0 Å². The molecule has 1 aliphatic carbocycles. The van der Waals surface area contributed by atoms with E-state index in [2.05, 4.69) is 5.32 Å². The fourth-order valence-electron chi connectivity index (χ4n) is 4.27. The zero-order valence-electron chi connectivity index (χ0n) is 14.5. The Bertz CT molecular complexity index is 649. The van der Waals surface area contributed by atoms with Crippen molar-refractivity contribution in [2.45, 2.75) is 38.6 Å². The Labute approximate surface area is 147 Å². The van der Waals surface area contributed by atoms with Crippen LogP contribution in [0.5, 0.6) is 0 Å². The molecule has 0 spiro atoms. The van der Waals surface area contributed by atoms with Gasteiger partial charge in [-0.25, -0.2) is 4.39 Å². The molecule has 0 bridgehead atoms. The number of amides is 1. The number of hydrogen-bond donors (Lipinski definition) is 2. The molecule has 25 heavy (non-hydrogen) atoms. The van der Waals surface area contributed by atoms with Crippen molar-refractivity contribution in [2.24, 2.45) is 11.3 Å². The molecule has 2 aliphatic rings. The number of aliphatic carboxylic acids is 1. The first-order chi connectivity index (χ1) is 11.9. The lowest BCUT2D eigenvalue weighted by Gasteiger charge is -2.26. The van der Waals surface area contributed by atoms with Crippen molar-refractivity contribution in [1.82, 2.24) is 10.2 Å². The molecule has 6 heteroatoms. The minimum Gasteiger partial charge on any atom is -0.481 e. The van der Waals surface area contributed by atoms with Gasteiger partial charge in [0.05, 0.1) is 11.5 Å². The van der Waals surface area contributed by atoms with E-state index < -0.39 is 11.4 Å². The number of fused-ring (bicyclic) bond motifs is 1. The summed E-state index contributed by atoms with van der Waals surface area (Å²) in [5.74, 6) is -0.920. The van der Waals surface area contributed by atoms with Gasteiger partial charge in [-0.2, -0.15) is 0 Å². The standard InChI is InChI=1S/C19H25FN2O3/c1-13(17(23)21-10-8-14-4-6-16(20)7-5-14)22-11-15-3-2-9-19(15,12-22)18(24)25/h4-7,13,15H,2-3,8-12H2,1H3,(H,21,23)(H,24,25)/t13?,15-,19+/m0/s1. The third-order valence-electron chi connectivity index (χ3n) is 5.88. The molecule has 3 atom stereocenters. The van der Waals surface area contributed by atoms with Crippen LogP contribution in [0.25, 0.3) is 0 Å². The Hall–Kier alpha value is -1.95. The number of nitrogens with one attached hydrogen (secondary N) is 1. The minimum absolute atomic E-state index is 0.0809. The highest BCUT2D eigenvalue weighted by molar-refractivity contribution is 5.82. The van der Waals surface area contributed by atoms with Crippen molar-refractivity contribution in [2.75, 3.05) is 19.6 Å². The highest BCUT2D eigenvalue weighted by Crippen LogP contribution is 2.49. The first-order valence-corrected chi connectivity index (χ1v) is 8.92. The van der Waals surface area contributed by atoms with Gasteiger partial charge in [-0.05, 0) is 49.8 Å². The van der Waals surface area contributed by atoms with E-state index in [9.17, 15) is 19.1 Å². The van der Waals surface area contributed by atoms with E-state index in [1.54, 1.807) is 12.1 Å². The van der Waals surface area contributed by atoms with Crippen LogP contribution in [0, 0.1) is 17.2 Å². The van der Waals surface area contributed by atoms with Crippen LogP contribution in [0.3, 0.4) is 0 Å². The number of halogens is 1. The zero-order chi connectivity index (χ0) is 18.0. The smallest absolute Gasteiger partial charge is 0.311 e. The third kappa shape index (κ3) is 3.54. The molecule has 0 aromatic heterocycles. The molecule has 1 amide bonds. The first kappa shape index (κ1) is 17.9. The van der Waals surface area contributed by atoms with E-state index in [1.165, 1.54) is 12.1 Å². The van der Waals surface area contributed by atoms with E-state index in [1.807, 2.05) is 11.8 Å². The van der Waals surface area contributed by atoms with Gasteiger partial charge in [0.1, 0.15) is 5.82 Å². The SMILES string of the molecule is CC(C(=O)NCCc1ccc(F)cc1)N1C[C@@H]2CCC[C@@]2(C(=O)O)C1. The van der Waals surface area contributed by atoms with Gasteiger partial charge < -0.3 is 10.4 Å². The second-order valence-corrected chi connectivity index (χ2v) is 7.32. The normalized spacial score (nSPS) is 27.0. The van der Waals surface area contributed by atoms with Gasteiger partial charge in [0.2, 0.25) is 5.91 Å². The van der Waals surface area contributed by atoms with E-state index in [4.69, 9.17) is 0 Å². The molecule has 1 aromatic rings. The molecule has 5 nitrogen and oxygen atoms in total. The number of likely N-dealkylation sites (tertiary alicyclic amines) is 1.